The lowest BCUT2D eigenvalue weighted by atomic mass is 9.47. The molecule has 46 heavy (non-hydrogen) atoms. The topological polar surface area (TPSA) is 85.3 Å². The summed E-state index contributed by atoms with van der Waals surface area (Å²) in [7, 11) is 0. The molecule has 0 aromatic heterocycles. The van der Waals surface area contributed by atoms with Crippen LogP contribution in [0.5, 0.6) is 0 Å². The van der Waals surface area contributed by atoms with E-state index in [4.69, 9.17) is 9.47 Å². The van der Waals surface area contributed by atoms with Crippen molar-refractivity contribution >= 4 is 17.4 Å². The first-order valence-electron chi connectivity index (χ1n) is 16.3. The molecule has 246 valence electrons. The van der Waals surface area contributed by atoms with Crippen molar-refractivity contribution in [1.29, 1.82) is 0 Å². The van der Waals surface area contributed by atoms with Crippen molar-refractivity contribution in [3.63, 3.8) is 0 Å². The molecule has 7 atom stereocenters. The third-order valence-electron chi connectivity index (χ3n) is 11.5. The number of Topliss-reactive ketones (excluding diaryl/α,β-unsaturated/α-hetero) is 1. The second kappa shape index (κ2) is 12.3. The number of allylic oxidation sites excluding steroid dienone is 3. The monoisotopic (exact) mass is 638 g/mol. The Labute approximate surface area is 267 Å². The molecule has 1 saturated heterocycles. The van der Waals surface area contributed by atoms with Crippen molar-refractivity contribution in [3.8, 4) is 11.8 Å². The highest BCUT2D eigenvalue weighted by molar-refractivity contribution is 5.92. The average Bonchev–Trinajstić information content (AvgIpc) is 3.35. The molecule has 1 aliphatic heterocycles. The summed E-state index contributed by atoms with van der Waals surface area (Å²) in [6, 6.07) is 8.06. The van der Waals surface area contributed by atoms with E-state index in [-0.39, 0.29) is 36.1 Å². The van der Waals surface area contributed by atoms with Gasteiger partial charge in [0.25, 0.3) is 0 Å². The van der Waals surface area contributed by atoms with Gasteiger partial charge in [-0.25, -0.2) is 0 Å². The van der Waals surface area contributed by atoms with Crippen LogP contribution < -0.4 is 4.90 Å². The van der Waals surface area contributed by atoms with Crippen LogP contribution in [0.25, 0.3) is 0 Å². The lowest BCUT2D eigenvalue weighted by Gasteiger charge is -2.55. The van der Waals surface area contributed by atoms with Crippen LogP contribution in [0.2, 0.25) is 0 Å². The Morgan fingerprint density at radius 3 is 2.52 bits per heavy atom. The minimum atomic E-state index is -4.77. The van der Waals surface area contributed by atoms with Crippen LogP contribution in [-0.2, 0) is 19.1 Å². The van der Waals surface area contributed by atoms with Crippen molar-refractivity contribution in [1.82, 2.24) is 0 Å². The first-order chi connectivity index (χ1) is 21.9. The molecule has 0 bridgehead atoms. The van der Waals surface area contributed by atoms with Crippen molar-refractivity contribution in [2.45, 2.75) is 77.4 Å². The zero-order chi connectivity index (χ0) is 32.9. The number of esters is 1. The molecule has 7 nitrogen and oxygen atoms in total. The standard InChI is InChI=1S/C36H41F3N2O5/c1-22-18-29-31-10-11-35(12-13-36(37,38)39,32(43)21-46-23(2)42)34(31,3)20-30(33(29)27-9-6-25(40-44)19-28(22)27)24-4-7-26(8-5-24)41-14-16-45-17-15-41/h4-5,7-8,19,22,25,29-31H,6,9-11,14-18,20-21H2,1-3H3/t22?,25?,29-,30?,31-,34-,35-/m0/s1. The Morgan fingerprint density at radius 1 is 1.15 bits per heavy atom. The highest BCUT2D eigenvalue weighted by Gasteiger charge is 2.66. The van der Waals surface area contributed by atoms with Gasteiger partial charge in [-0.2, -0.15) is 18.1 Å². The number of morpholine rings is 1. The maximum atomic E-state index is 14.0. The maximum Gasteiger partial charge on any atom is 0.457 e. The van der Waals surface area contributed by atoms with Crippen LogP contribution in [0.3, 0.4) is 0 Å². The number of benzene rings is 1. The van der Waals surface area contributed by atoms with E-state index >= 15 is 0 Å². The van der Waals surface area contributed by atoms with Gasteiger partial charge in [0.05, 0.1) is 18.6 Å². The van der Waals surface area contributed by atoms with E-state index in [1.807, 2.05) is 13.0 Å². The minimum absolute atomic E-state index is 0.0293. The number of rotatable bonds is 6. The summed E-state index contributed by atoms with van der Waals surface area (Å²) in [6.45, 7) is 7.57. The van der Waals surface area contributed by atoms with Gasteiger partial charge in [0.1, 0.15) is 6.04 Å². The van der Waals surface area contributed by atoms with E-state index in [9.17, 15) is 27.7 Å². The summed E-state index contributed by atoms with van der Waals surface area (Å²) in [5.74, 6) is 2.65. The fraction of sp³-hybridized carbons (Fsp3) is 0.611. The van der Waals surface area contributed by atoms with Gasteiger partial charge in [-0.15, -0.1) is 0 Å². The normalized spacial score (nSPS) is 33.9. The van der Waals surface area contributed by atoms with Crippen molar-refractivity contribution in [3.05, 3.63) is 57.5 Å². The van der Waals surface area contributed by atoms with Crippen LogP contribution in [0.15, 0.2) is 52.2 Å². The lowest BCUT2D eigenvalue weighted by Crippen LogP contribution is -2.52. The van der Waals surface area contributed by atoms with Crippen LogP contribution in [0, 0.1) is 45.3 Å². The van der Waals surface area contributed by atoms with Gasteiger partial charge in [-0.1, -0.05) is 48.7 Å². The number of ether oxygens (including phenoxy) is 2. The molecular weight excluding hydrogens is 597 g/mol. The molecule has 0 N–H and O–H groups in total. The van der Waals surface area contributed by atoms with E-state index in [0.29, 0.717) is 38.9 Å². The zero-order valence-corrected chi connectivity index (χ0v) is 26.6. The van der Waals surface area contributed by atoms with Crippen molar-refractivity contribution < 1.29 is 32.2 Å². The van der Waals surface area contributed by atoms with E-state index in [1.165, 1.54) is 24.0 Å². The molecule has 1 aromatic carbocycles. The predicted molar refractivity (Wildman–Crippen MR) is 167 cm³/mol. The van der Waals surface area contributed by atoms with Gasteiger partial charge in [0.15, 0.2) is 12.4 Å². The molecular formula is C36H41F3N2O5. The minimum Gasteiger partial charge on any atom is -0.458 e. The third-order valence-corrected chi connectivity index (χ3v) is 11.5. The number of ketones is 1. The van der Waals surface area contributed by atoms with Crippen LogP contribution >= 0.6 is 0 Å². The van der Waals surface area contributed by atoms with Crippen LogP contribution in [0.4, 0.5) is 18.9 Å². The quantitative estimate of drug-likeness (QED) is 0.191. The number of anilines is 1. The lowest BCUT2D eigenvalue weighted by molar-refractivity contribution is -0.150. The van der Waals surface area contributed by atoms with Gasteiger partial charge in [0.2, 0.25) is 0 Å². The molecule has 3 fully saturated rings. The van der Waals surface area contributed by atoms with E-state index < -0.39 is 35.4 Å². The molecule has 4 aliphatic carbocycles. The second-order valence-electron chi connectivity index (χ2n) is 13.9. The average molecular weight is 639 g/mol. The van der Waals surface area contributed by atoms with Crippen LogP contribution in [0.1, 0.15) is 70.8 Å². The zero-order valence-electron chi connectivity index (χ0n) is 26.6. The van der Waals surface area contributed by atoms with E-state index in [2.05, 4.69) is 47.2 Å². The number of hydrogen-bond acceptors (Lipinski definition) is 7. The van der Waals surface area contributed by atoms with E-state index in [1.54, 1.807) is 0 Å². The molecule has 1 aromatic rings. The summed E-state index contributed by atoms with van der Waals surface area (Å²) in [6.07, 6.45) is 0.495. The first-order valence-corrected chi connectivity index (χ1v) is 16.3. The molecule has 6 rings (SSSR count). The van der Waals surface area contributed by atoms with Gasteiger partial charge >= 0.3 is 12.1 Å². The number of halogens is 3. The molecule has 10 heteroatoms. The van der Waals surface area contributed by atoms with E-state index in [0.717, 1.165) is 36.3 Å². The summed E-state index contributed by atoms with van der Waals surface area (Å²) in [5, 5.41) is 3.34. The number of nitrogens with zero attached hydrogens (tertiary/aromatic N) is 2. The number of carbonyl (C=O) groups excluding carboxylic acids is 2. The molecule has 0 radical (unpaired) electrons. The molecule has 0 amide bonds. The number of nitroso groups, excluding NO2 is 1. The number of carbonyl (C=O) groups is 2. The first kappa shape index (κ1) is 32.5. The van der Waals surface area contributed by atoms with Gasteiger partial charge in [-0.3, -0.25) is 9.59 Å². The third kappa shape index (κ3) is 5.69. The second-order valence-corrected chi connectivity index (χ2v) is 13.9. The Bertz CT molecular complexity index is 1520. The summed E-state index contributed by atoms with van der Waals surface area (Å²) in [5.41, 5.74) is 3.30. The van der Waals surface area contributed by atoms with Crippen molar-refractivity contribution in [2.75, 3.05) is 37.8 Å². The van der Waals surface area contributed by atoms with Crippen molar-refractivity contribution in [2.24, 2.45) is 33.8 Å². The Balaban J connectivity index is 1.49. The molecule has 0 spiro atoms. The molecule has 1 heterocycles. The Hall–Kier alpha value is -3.45. The number of alkyl halides is 3. The SMILES string of the molecule is CC(=O)OCC(=O)[C@@]1(C#CC(F)(F)F)CC[C@H]2[C@@H]3CC(C)C4=CC(N=O)CCC4=C3C(c3ccc(N4CCOCC4)cc3)C[C@@]21C. The van der Waals surface area contributed by atoms with Crippen LogP contribution in [-0.4, -0.2) is 56.9 Å². The molecule has 2 saturated carbocycles. The summed E-state index contributed by atoms with van der Waals surface area (Å²) < 4.78 is 51.6. The van der Waals surface area contributed by atoms with Gasteiger partial charge in [0, 0.05) is 37.5 Å². The van der Waals surface area contributed by atoms with Gasteiger partial charge in [-0.05, 0) is 90.5 Å². The fourth-order valence-electron chi connectivity index (χ4n) is 9.43. The highest BCUT2D eigenvalue weighted by Crippen LogP contribution is 2.70. The maximum absolute atomic E-state index is 14.0. The molecule has 3 unspecified atom stereocenters. The number of hydrogen-bond donors (Lipinski definition) is 0. The summed E-state index contributed by atoms with van der Waals surface area (Å²) >= 11 is 0. The molecule has 5 aliphatic rings. The highest BCUT2D eigenvalue weighted by atomic mass is 19.4. The number of fused-ring (bicyclic) bond motifs is 4. The fourth-order valence-corrected chi connectivity index (χ4v) is 9.43. The summed E-state index contributed by atoms with van der Waals surface area (Å²) in [4.78, 5) is 39.5. The van der Waals surface area contributed by atoms with Gasteiger partial charge < -0.3 is 14.4 Å². The Kier molecular flexibility index (Phi) is 8.68. The Morgan fingerprint density at radius 2 is 1.87 bits per heavy atom. The smallest absolute Gasteiger partial charge is 0.457 e. The predicted octanol–water partition coefficient (Wildman–Crippen LogP) is 6.92. The largest absolute Gasteiger partial charge is 0.458 e.